The lowest BCUT2D eigenvalue weighted by molar-refractivity contribution is 0.664. The fourth-order valence-corrected chi connectivity index (χ4v) is 1.39. The highest BCUT2D eigenvalue weighted by atomic mass is 16.1. The van der Waals surface area contributed by atoms with Crippen LogP contribution < -0.4 is 10.9 Å². The van der Waals surface area contributed by atoms with Crippen LogP contribution in [0.5, 0.6) is 0 Å². The summed E-state index contributed by atoms with van der Waals surface area (Å²) in [5.74, 6) is 0. The van der Waals surface area contributed by atoms with Crippen molar-refractivity contribution in [3.63, 3.8) is 0 Å². The van der Waals surface area contributed by atoms with E-state index in [4.69, 9.17) is 0 Å². The molecule has 0 bridgehead atoms. The van der Waals surface area contributed by atoms with Crippen molar-refractivity contribution in [2.24, 2.45) is 0 Å². The topological polar surface area (TPSA) is 46.9 Å². The predicted molar refractivity (Wildman–Crippen MR) is 49.5 cm³/mol. The second-order valence-corrected chi connectivity index (χ2v) is 3.39. The molecule has 1 heterocycles. The third-order valence-electron chi connectivity index (χ3n) is 2.24. The number of hydrogen-bond donors (Lipinski definition) is 1. The first-order valence-electron chi connectivity index (χ1n) is 4.52. The highest BCUT2D eigenvalue weighted by molar-refractivity contribution is 5.05. The second-order valence-electron chi connectivity index (χ2n) is 3.39. The summed E-state index contributed by atoms with van der Waals surface area (Å²) in [4.78, 5) is 15.8. The number of rotatable bonds is 3. The molecule has 1 aliphatic carbocycles. The molecule has 0 amide bonds. The molecule has 0 aromatic carbocycles. The first kappa shape index (κ1) is 8.44. The Balaban J connectivity index is 2.36. The van der Waals surface area contributed by atoms with Crippen LogP contribution in [0.2, 0.25) is 0 Å². The van der Waals surface area contributed by atoms with Crippen LogP contribution in [0.1, 0.15) is 24.4 Å². The summed E-state index contributed by atoms with van der Waals surface area (Å²) in [6, 6.07) is 0.414. The molecule has 1 N–H and O–H groups in total. The van der Waals surface area contributed by atoms with E-state index in [2.05, 4.69) is 10.3 Å². The minimum Gasteiger partial charge on any atom is -0.315 e. The number of aromatic nitrogens is 2. The number of nitrogens with one attached hydrogen (secondary N) is 1. The van der Waals surface area contributed by atoms with Crippen LogP contribution >= 0.6 is 0 Å². The molecule has 13 heavy (non-hydrogen) atoms. The molecule has 0 atom stereocenters. The summed E-state index contributed by atoms with van der Waals surface area (Å²) in [7, 11) is 1.83. The molecule has 0 radical (unpaired) electrons. The second kappa shape index (κ2) is 3.30. The van der Waals surface area contributed by atoms with Crippen molar-refractivity contribution in [3.05, 3.63) is 28.4 Å². The molecule has 0 spiro atoms. The summed E-state index contributed by atoms with van der Waals surface area (Å²) >= 11 is 0. The van der Waals surface area contributed by atoms with Gasteiger partial charge in [0.1, 0.15) is 0 Å². The minimum absolute atomic E-state index is 0.104. The Morgan fingerprint density at radius 2 is 2.46 bits per heavy atom. The van der Waals surface area contributed by atoms with Gasteiger partial charge in [0.25, 0.3) is 5.56 Å². The molecule has 1 aromatic rings. The zero-order valence-electron chi connectivity index (χ0n) is 7.66. The first-order chi connectivity index (χ1) is 6.33. The van der Waals surface area contributed by atoms with Crippen LogP contribution in [0.25, 0.3) is 0 Å². The average molecular weight is 179 g/mol. The Bertz CT molecular complexity index is 354. The largest absolute Gasteiger partial charge is 0.315 e. The zero-order chi connectivity index (χ0) is 9.26. The molecule has 1 fully saturated rings. The van der Waals surface area contributed by atoms with E-state index in [1.54, 1.807) is 17.1 Å². The van der Waals surface area contributed by atoms with Crippen LogP contribution in [0.15, 0.2) is 17.3 Å². The van der Waals surface area contributed by atoms with Gasteiger partial charge in [-0.15, -0.1) is 0 Å². The normalized spacial score (nSPS) is 16.1. The van der Waals surface area contributed by atoms with Gasteiger partial charge in [0, 0.05) is 24.3 Å². The van der Waals surface area contributed by atoms with Crippen molar-refractivity contribution >= 4 is 0 Å². The predicted octanol–water partition coefficient (Wildman–Crippen LogP) is 0.298. The summed E-state index contributed by atoms with van der Waals surface area (Å²) in [5, 5.41) is 2.96. The standard InChI is InChI=1S/C9H13N3O/c1-10-4-7-5-11-6-12(9(7)13)8-2-3-8/h5-6,8,10H,2-4H2,1H3. The zero-order valence-corrected chi connectivity index (χ0v) is 7.66. The van der Waals surface area contributed by atoms with Crippen LogP contribution in [0.3, 0.4) is 0 Å². The molecule has 1 aliphatic rings. The van der Waals surface area contributed by atoms with E-state index in [0.717, 1.165) is 18.4 Å². The molecule has 0 unspecified atom stereocenters. The van der Waals surface area contributed by atoms with Crippen LogP contribution in [-0.2, 0) is 6.54 Å². The Labute approximate surface area is 76.6 Å². The average Bonchev–Trinajstić information content (AvgIpc) is 2.92. The molecule has 1 saturated carbocycles. The van der Waals surface area contributed by atoms with E-state index in [1.165, 1.54) is 0 Å². The lowest BCUT2D eigenvalue weighted by Crippen LogP contribution is -2.25. The number of nitrogens with zero attached hydrogens (tertiary/aromatic N) is 2. The maximum Gasteiger partial charge on any atom is 0.258 e. The molecule has 4 heteroatoms. The van der Waals surface area contributed by atoms with E-state index in [0.29, 0.717) is 12.6 Å². The lowest BCUT2D eigenvalue weighted by Gasteiger charge is -2.04. The van der Waals surface area contributed by atoms with E-state index < -0.39 is 0 Å². The SMILES string of the molecule is CNCc1cncn(C2CC2)c1=O. The van der Waals surface area contributed by atoms with Gasteiger partial charge in [-0.2, -0.15) is 0 Å². The summed E-state index contributed by atoms with van der Waals surface area (Å²) in [6.07, 6.45) is 5.51. The molecular weight excluding hydrogens is 166 g/mol. The van der Waals surface area contributed by atoms with Crippen molar-refractivity contribution in [1.82, 2.24) is 14.9 Å². The Hall–Kier alpha value is -1.16. The van der Waals surface area contributed by atoms with Crippen LogP contribution in [0.4, 0.5) is 0 Å². The Morgan fingerprint density at radius 1 is 1.69 bits per heavy atom. The molecular formula is C9H13N3O. The smallest absolute Gasteiger partial charge is 0.258 e. The maximum absolute atomic E-state index is 11.7. The maximum atomic E-state index is 11.7. The van der Waals surface area contributed by atoms with E-state index >= 15 is 0 Å². The van der Waals surface area contributed by atoms with Crippen molar-refractivity contribution in [3.8, 4) is 0 Å². The van der Waals surface area contributed by atoms with Crippen molar-refractivity contribution in [1.29, 1.82) is 0 Å². The summed E-state index contributed by atoms with van der Waals surface area (Å²) in [6.45, 7) is 0.597. The van der Waals surface area contributed by atoms with Gasteiger partial charge in [0.15, 0.2) is 0 Å². The van der Waals surface area contributed by atoms with Gasteiger partial charge in [-0.25, -0.2) is 4.98 Å². The van der Waals surface area contributed by atoms with Crippen LogP contribution in [-0.4, -0.2) is 16.6 Å². The van der Waals surface area contributed by atoms with Gasteiger partial charge in [-0.3, -0.25) is 9.36 Å². The monoisotopic (exact) mass is 179 g/mol. The van der Waals surface area contributed by atoms with E-state index in [9.17, 15) is 4.79 Å². The van der Waals surface area contributed by atoms with Gasteiger partial charge < -0.3 is 5.32 Å². The highest BCUT2D eigenvalue weighted by Crippen LogP contribution is 2.32. The Morgan fingerprint density at radius 3 is 3.08 bits per heavy atom. The van der Waals surface area contributed by atoms with Crippen molar-refractivity contribution in [2.75, 3.05) is 7.05 Å². The van der Waals surface area contributed by atoms with Gasteiger partial charge in [0.2, 0.25) is 0 Å². The fraction of sp³-hybridized carbons (Fsp3) is 0.556. The molecule has 70 valence electrons. The lowest BCUT2D eigenvalue weighted by atomic mass is 10.3. The molecule has 0 aliphatic heterocycles. The highest BCUT2D eigenvalue weighted by Gasteiger charge is 2.24. The molecule has 4 nitrogen and oxygen atoms in total. The molecule has 0 saturated heterocycles. The van der Waals surface area contributed by atoms with E-state index in [1.807, 2.05) is 7.05 Å². The minimum atomic E-state index is 0.104. The molecule has 1 aromatic heterocycles. The first-order valence-corrected chi connectivity index (χ1v) is 4.52. The van der Waals surface area contributed by atoms with E-state index in [-0.39, 0.29) is 5.56 Å². The summed E-state index contributed by atoms with van der Waals surface area (Å²) in [5.41, 5.74) is 0.851. The van der Waals surface area contributed by atoms with Gasteiger partial charge >= 0.3 is 0 Å². The van der Waals surface area contributed by atoms with Crippen molar-refractivity contribution in [2.45, 2.75) is 25.4 Å². The van der Waals surface area contributed by atoms with Gasteiger partial charge in [-0.05, 0) is 19.9 Å². The number of hydrogen-bond acceptors (Lipinski definition) is 3. The quantitative estimate of drug-likeness (QED) is 0.725. The van der Waals surface area contributed by atoms with Crippen LogP contribution in [0, 0.1) is 0 Å². The van der Waals surface area contributed by atoms with Gasteiger partial charge in [0.05, 0.1) is 6.33 Å². The molecule has 2 rings (SSSR count). The summed E-state index contributed by atoms with van der Waals surface area (Å²) < 4.78 is 1.74. The Kier molecular flexibility index (Phi) is 2.14. The fourth-order valence-electron chi connectivity index (χ4n) is 1.39. The third kappa shape index (κ3) is 1.62. The van der Waals surface area contributed by atoms with Gasteiger partial charge in [-0.1, -0.05) is 0 Å². The third-order valence-corrected chi connectivity index (χ3v) is 2.24. The van der Waals surface area contributed by atoms with Crippen molar-refractivity contribution < 1.29 is 0 Å².